The van der Waals surface area contributed by atoms with Crippen LogP contribution in [0.5, 0.6) is 0 Å². The van der Waals surface area contributed by atoms with E-state index in [2.05, 4.69) is 20.4 Å². The third-order valence-corrected chi connectivity index (χ3v) is 6.83. The van der Waals surface area contributed by atoms with Gasteiger partial charge in [-0.25, -0.2) is 9.78 Å². The molecule has 0 bridgehead atoms. The molecule has 3 aromatic heterocycles. The summed E-state index contributed by atoms with van der Waals surface area (Å²) in [5.41, 5.74) is 6.78. The normalized spacial score (nSPS) is 20.5. The number of hydrogen-bond acceptors (Lipinski definition) is 5. The summed E-state index contributed by atoms with van der Waals surface area (Å²) in [6.07, 6.45) is 1.69. The molecule has 3 aromatic rings. The quantitative estimate of drug-likeness (QED) is 0.606. The van der Waals surface area contributed by atoms with Crippen LogP contribution < -0.4 is 11.1 Å². The third kappa shape index (κ3) is 3.84. The number of aryl methyl sites for hydroxylation is 1. The number of amides is 2. The Labute approximate surface area is 194 Å². The molecule has 1 spiro atoms. The molecule has 3 N–H and O–H groups in total. The van der Waals surface area contributed by atoms with Gasteiger partial charge in [-0.15, -0.1) is 0 Å². The molecule has 5 rings (SSSR count). The minimum atomic E-state index is -4.59. The lowest BCUT2D eigenvalue weighted by Gasteiger charge is -2.25. The highest BCUT2D eigenvalue weighted by atomic mass is 19.4. The highest BCUT2D eigenvalue weighted by molar-refractivity contribution is 5.75. The number of nitrogens with two attached hydrogens (primary N) is 1. The molecule has 0 saturated carbocycles. The van der Waals surface area contributed by atoms with Crippen molar-refractivity contribution in [2.24, 2.45) is 0 Å². The van der Waals surface area contributed by atoms with E-state index in [4.69, 9.17) is 5.73 Å². The van der Waals surface area contributed by atoms with Gasteiger partial charge in [-0.1, -0.05) is 0 Å². The summed E-state index contributed by atoms with van der Waals surface area (Å²) in [4.78, 5) is 22.4. The lowest BCUT2D eigenvalue weighted by molar-refractivity contribution is -0.137. The Morgan fingerprint density at radius 3 is 2.68 bits per heavy atom. The number of carbonyl (C=O) groups excluding carboxylic acids is 1. The van der Waals surface area contributed by atoms with Crippen LogP contribution in [0.4, 0.5) is 23.8 Å². The number of halogens is 3. The summed E-state index contributed by atoms with van der Waals surface area (Å²) < 4.78 is 41.6. The molecule has 1 fully saturated rings. The minimum Gasteiger partial charge on any atom is -0.383 e. The Balaban J connectivity index is 1.34. The maximum atomic E-state index is 13.3. The minimum absolute atomic E-state index is 0.142. The number of fused-ring (bicyclic) bond motifs is 2. The second-order valence-electron chi connectivity index (χ2n) is 8.95. The average Bonchev–Trinajstić information content (AvgIpc) is 3.51. The van der Waals surface area contributed by atoms with Crippen molar-refractivity contribution in [3.63, 3.8) is 0 Å². The van der Waals surface area contributed by atoms with Crippen LogP contribution in [0.25, 0.3) is 11.3 Å². The van der Waals surface area contributed by atoms with Crippen LogP contribution in [-0.4, -0.2) is 43.8 Å². The van der Waals surface area contributed by atoms with Gasteiger partial charge >= 0.3 is 12.2 Å². The number of anilines is 1. The zero-order chi connectivity index (χ0) is 24.1. The van der Waals surface area contributed by atoms with E-state index in [0.717, 1.165) is 30.2 Å². The fraction of sp³-hybridized carbons (Fsp3) is 0.391. The predicted octanol–water partition coefficient (Wildman–Crippen LogP) is 3.76. The number of aromatic nitrogens is 4. The van der Waals surface area contributed by atoms with Gasteiger partial charge in [0, 0.05) is 54.9 Å². The van der Waals surface area contributed by atoms with Gasteiger partial charge in [-0.05, 0) is 49.6 Å². The molecule has 34 heavy (non-hydrogen) atoms. The first-order valence-electron chi connectivity index (χ1n) is 11.0. The van der Waals surface area contributed by atoms with Crippen LogP contribution >= 0.6 is 0 Å². The molecule has 1 saturated heterocycles. The second kappa shape index (κ2) is 8.00. The average molecular weight is 471 g/mol. The van der Waals surface area contributed by atoms with E-state index in [1.54, 1.807) is 17.3 Å². The van der Waals surface area contributed by atoms with Gasteiger partial charge in [0.1, 0.15) is 5.82 Å². The Kier molecular flexibility index (Phi) is 5.22. The van der Waals surface area contributed by atoms with Crippen LogP contribution in [-0.2, 0) is 18.1 Å². The predicted molar refractivity (Wildman–Crippen MR) is 119 cm³/mol. The SMILES string of the molecule is C[C@H](NC(=O)N1CC[C@]2(CCn3nc(-c4cnc(N)c(C(F)(F)F)c4)cc32)C1)c1ccncc1. The number of carbonyl (C=O) groups is 1. The molecule has 11 heteroatoms. The van der Waals surface area contributed by atoms with Crippen molar-refractivity contribution in [3.8, 4) is 11.3 Å². The molecule has 0 radical (unpaired) electrons. The lowest BCUT2D eigenvalue weighted by Crippen LogP contribution is -2.41. The highest BCUT2D eigenvalue weighted by Gasteiger charge is 2.47. The van der Waals surface area contributed by atoms with E-state index < -0.39 is 17.6 Å². The number of pyridine rings is 2. The Hall–Kier alpha value is -3.63. The number of likely N-dealkylation sites (tertiary alicyclic amines) is 1. The molecule has 2 atom stereocenters. The molecule has 178 valence electrons. The topological polar surface area (TPSA) is 102 Å². The van der Waals surface area contributed by atoms with Crippen molar-refractivity contribution in [3.05, 3.63) is 59.7 Å². The van der Waals surface area contributed by atoms with Crippen molar-refractivity contribution >= 4 is 11.8 Å². The van der Waals surface area contributed by atoms with Gasteiger partial charge in [0.05, 0.1) is 17.3 Å². The summed E-state index contributed by atoms with van der Waals surface area (Å²) in [5, 5.41) is 7.57. The first-order valence-corrected chi connectivity index (χ1v) is 11.0. The van der Waals surface area contributed by atoms with Crippen LogP contribution in [0.15, 0.2) is 42.9 Å². The van der Waals surface area contributed by atoms with E-state index in [-0.39, 0.29) is 23.1 Å². The maximum Gasteiger partial charge on any atom is 0.419 e. The number of rotatable bonds is 3. The van der Waals surface area contributed by atoms with Gasteiger partial charge in [-0.3, -0.25) is 9.67 Å². The van der Waals surface area contributed by atoms with E-state index in [1.807, 2.05) is 29.8 Å². The smallest absolute Gasteiger partial charge is 0.383 e. The number of urea groups is 1. The Morgan fingerprint density at radius 2 is 1.94 bits per heavy atom. The fourth-order valence-corrected chi connectivity index (χ4v) is 4.92. The molecule has 2 aliphatic heterocycles. The van der Waals surface area contributed by atoms with Crippen molar-refractivity contribution in [1.29, 1.82) is 0 Å². The molecule has 2 aliphatic rings. The van der Waals surface area contributed by atoms with E-state index >= 15 is 0 Å². The first kappa shape index (κ1) is 22.2. The monoisotopic (exact) mass is 471 g/mol. The number of hydrogen-bond donors (Lipinski definition) is 2. The van der Waals surface area contributed by atoms with Crippen molar-refractivity contribution in [1.82, 2.24) is 30.0 Å². The van der Waals surface area contributed by atoms with Gasteiger partial charge in [0.2, 0.25) is 0 Å². The van der Waals surface area contributed by atoms with E-state index in [9.17, 15) is 18.0 Å². The standard InChI is InChI=1S/C23H24F3N7O/c1-14(15-2-6-28-7-3-15)30-21(34)32-8-4-22(13-32)5-9-33-19(22)11-18(31-33)16-10-17(23(24,25)26)20(27)29-12-16/h2-3,6-7,10-12,14H,4-5,8-9,13H2,1H3,(H2,27,29)(H,30,34)/t14-,22-/m0/s1. The zero-order valence-corrected chi connectivity index (χ0v) is 18.5. The number of alkyl halides is 3. The van der Waals surface area contributed by atoms with Crippen LogP contribution in [0.1, 0.15) is 42.6 Å². The van der Waals surface area contributed by atoms with Gasteiger partial charge < -0.3 is 16.0 Å². The van der Waals surface area contributed by atoms with E-state index in [1.165, 1.54) is 6.20 Å². The molecule has 0 unspecified atom stereocenters. The van der Waals surface area contributed by atoms with Crippen LogP contribution in [0.3, 0.4) is 0 Å². The Morgan fingerprint density at radius 1 is 1.21 bits per heavy atom. The summed E-state index contributed by atoms with van der Waals surface area (Å²) in [6, 6.07) is 6.24. The van der Waals surface area contributed by atoms with Crippen molar-refractivity contribution in [2.75, 3.05) is 18.8 Å². The number of nitrogens with zero attached hydrogens (tertiary/aromatic N) is 5. The van der Waals surface area contributed by atoms with Crippen molar-refractivity contribution in [2.45, 2.75) is 43.9 Å². The summed E-state index contributed by atoms with van der Waals surface area (Å²) >= 11 is 0. The third-order valence-electron chi connectivity index (χ3n) is 6.83. The van der Waals surface area contributed by atoms with Gasteiger partial charge in [0.25, 0.3) is 0 Å². The number of nitrogen functional groups attached to an aromatic ring is 1. The molecule has 8 nitrogen and oxygen atoms in total. The fourth-order valence-electron chi connectivity index (χ4n) is 4.92. The molecule has 0 aliphatic carbocycles. The highest BCUT2D eigenvalue weighted by Crippen LogP contribution is 2.44. The summed E-state index contributed by atoms with van der Waals surface area (Å²) in [5.74, 6) is -0.557. The molecule has 2 amide bonds. The maximum absolute atomic E-state index is 13.3. The van der Waals surface area contributed by atoms with Gasteiger partial charge in [-0.2, -0.15) is 18.3 Å². The summed E-state index contributed by atoms with van der Waals surface area (Å²) in [6.45, 7) is 3.69. The lowest BCUT2D eigenvalue weighted by atomic mass is 9.82. The van der Waals surface area contributed by atoms with Crippen molar-refractivity contribution < 1.29 is 18.0 Å². The molecule has 0 aromatic carbocycles. The van der Waals surface area contributed by atoms with Crippen LogP contribution in [0, 0.1) is 0 Å². The zero-order valence-electron chi connectivity index (χ0n) is 18.5. The first-order chi connectivity index (χ1) is 16.2. The molecule has 5 heterocycles. The molecular formula is C23H24F3N7O. The van der Waals surface area contributed by atoms with E-state index in [0.29, 0.717) is 25.3 Å². The van der Waals surface area contributed by atoms with Crippen LogP contribution in [0.2, 0.25) is 0 Å². The Bertz CT molecular complexity index is 1230. The largest absolute Gasteiger partial charge is 0.419 e. The number of nitrogens with one attached hydrogen (secondary N) is 1. The molecular weight excluding hydrogens is 447 g/mol. The van der Waals surface area contributed by atoms with Gasteiger partial charge in [0.15, 0.2) is 0 Å². The summed E-state index contributed by atoms with van der Waals surface area (Å²) in [7, 11) is 0. The second-order valence-corrected chi connectivity index (χ2v) is 8.95.